The van der Waals surface area contributed by atoms with Crippen molar-refractivity contribution >= 4 is 5.69 Å². The fraction of sp³-hybridized carbons (Fsp3) is 0.167. The Morgan fingerprint density at radius 2 is 1.81 bits per heavy atom. The maximum absolute atomic E-state index is 8.75. The lowest BCUT2D eigenvalue weighted by molar-refractivity contribution is 0.932. The van der Waals surface area contributed by atoms with Crippen LogP contribution in [0, 0.1) is 22.7 Å². The van der Waals surface area contributed by atoms with E-state index in [0.29, 0.717) is 6.54 Å². The van der Waals surface area contributed by atoms with E-state index in [-0.39, 0.29) is 11.4 Å². The molecule has 16 heavy (non-hydrogen) atoms. The molecule has 0 fully saturated rings. The molecule has 0 atom stereocenters. The van der Waals surface area contributed by atoms with Crippen LogP contribution in [-0.4, -0.2) is 6.54 Å². The summed E-state index contributed by atoms with van der Waals surface area (Å²) in [5.74, 6) is 0.193. The summed E-state index contributed by atoms with van der Waals surface area (Å²) < 4.78 is 0. The zero-order chi connectivity index (χ0) is 12.0. The normalized spacial score (nSPS) is 8.69. The Hall–Kier alpha value is -2.46. The molecule has 1 aromatic rings. The number of nitriles is 2. The Morgan fingerprint density at radius 3 is 2.25 bits per heavy atom. The van der Waals surface area contributed by atoms with Gasteiger partial charge in [0.05, 0.1) is 0 Å². The zero-order valence-electron chi connectivity index (χ0n) is 9.01. The second-order valence-corrected chi connectivity index (χ2v) is 3.06. The van der Waals surface area contributed by atoms with Crippen LogP contribution in [0.25, 0.3) is 0 Å². The first-order valence-corrected chi connectivity index (χ1v) is 4.87. The fourth-order valence-electron chi connectivity index (χ4n) is 1.37. The van der Waals surface area contributed by atoms with Gasteiger partial charge in [-0.1, -0.05) is 18.2 Å². The first kappa shape index (κ1) is 11.6. The lowest BCUT2D eigenvalue weighted by atomic mass is 10.2. The summed E-state index contributed by atoms with van der Waals surface area (Å²) >= 11 is 0. The molecule has 0 aliphatic heterocycles. The van der Waals surface area contributed by atoms with Gasteiger partial charge in [-0.15, -0.1) is 0 Å². The second-order valence-electron chi connectivity index (χ2n) is 3.06. The number of allylic oxidation sites excluding steroid dienone is 1. The molecule has 4 nitrogen and oxygen atoms in total. The highest BCUT2D eigenvalue weighted by Crippen LogP contribution is 2.17. The van der Waals surface area contributed by atoms with E-state index in [0.717, 1.165) is 5.69 Å². The summed E-state index contributed by atoms with van der Waals surface area (Å²) in [6, 6.07) is 13.0. The molecule has 0 saturated heterocycles. The van der Waals surface area contributed by atoms with Gasteiger partial charge in [0.1, 0.15) is 18.0 Å². The summed E-state index contributed by atoms with van der Waals surface area (Å²) in [7, 11) is 0. The number of benzene rings is 1. The third-order valence-electron chi connectivity index (χ3n) is 2.15. The summed E-state index contributed by atoms with van der Waals surface area (Å²) in [6.07, 6.45) is 0. The fourth-order valence-corrected chi connectivity index (χ4v) is 1.37. The van der Waals surface area contributed by atoms with Crippen molar-refractivity contribution in [3.05, 3.63) is 41.7 Å². The molecule has 0 amide bonds. The minimum atomic E-state index is -0.0642. The van der Waals surface area contributed by atoms with Crippen LogP contribution in [0.15, 0.2) is 41.7 Å². The van der Waals surface area contributed by atoms with Crippen LogP contribution < -0.4 is 10.6 Å². The van der Waals surface area contributed by atoms with Crippen LogP contribution in [0.5, 0.6) is 0 Å². The molecule has 0 aliphatic carbocycles. The minimum absolute atomic E-state index is 0.0642. The lowest BCUT2D eigenvalue weighted by Gasteiger charge is -2.22. The molecule has 1 aromatic carbocycles. The van der Waals surface area contributed by atoms with Gasteiger partial charge in [-0.25, -0.2) is 0 Å². The van der Waals surface area contributed by atoms with Gasteiger partial charge >= 0.3 is 0 Å². The van der Waals surface area contributed by atoms with Crippen molar-refractivity contribution in [1.82, 2.24) is 0 Å². The van der Waals surface area contributed by atoms with E-state index in [1.165, 1.54) is 0 Å². The Labute approximate surface area is 94.8 Å². The first-order valence-electron chi connectivity index (χ1n) is 4.87. The van der Waals surface area contributed by atoms with Crippen molar-refractivity contribution in [3.8, 4) is 12.1 Å². The Bertz CT molecular complexity index is 446. The average molecular weight is 212 g/mol. The molecule has 0 aliphatic rings. The third kappa shape index (κ3) is 2.31. The average Bonchev–Trinajstić information content (AvgIpc) is 2.33. The van der Waals surface area contributed by atoms with Gasteiger partial charge in [-0.2, -0.15) is 10.5 Å². The topological polar surface area (TPSA) is 76.8 Å². The maximum atomic E-state index is 8.75. The largest absolute Gasteiger partial charge is 0.383 e. The predicted molar refractivity (Wildman–Crippen MR) is 61.9 cm³/mol. The van der Waals surface area contributed by atoms with Crippen LogP contribution in [0.2, 0.25) is 0 Å². The number of nitrogens with two attached hydrogens (primary N) is 1. The molecule has 0 aromatic heterocycles. The molecule has 2 N–H and O–H groups in total. The molecule has 1 rings (SSSR count). The molecule has 0 bridgehead atoms. The highest BCUT2D eigenvalue weighted by Gasteiger charge is 2.11. The van der Waals surface area contributed by atoms with E-state index in [9.17, 15) is 0 Å². The van der Waals surface area contributed by atoms with Crippen molar-refractivity contribution in [3.63, 3.8) is 0 Å². The van der Waals surface area contributed by atoms with E-state index >= 15 is 0 Å². The van der Waals surface area contributed by atoms with Crippen molar-refractivity contribution in [2.24, 2.45) is 5.73 Å². The van der Waals surface area contributed by atoms with Gasteiger partial charge in [0.2, 0.25) is 0 Å². The van der Waals surface area contributed by atoms with Gasteiger partial charge in [0.15, 0.2) is 5.57 Å². The van der Waals surface area contributed by atoms with E-state index < -0.39 is 0 Å². The van der Waals surface area contributed by atoms with Crippen LogP contribution >= 0.6 is 0 Å². The van der Waals surface area contributed by atoms with Gasteiger partial charge in [-0.05, 0) is 19.1 Å². The van der Waals surface area contributed by atoms with Crippen molar-refractivity contribution in [2.45, 2.75) is 6.92 Å². The standard InChI is InChI=1S/C12H12N4/c1-2-16(11-6-4-3-5-7-11)12(15)10(8-13)9-14/h3-7H,2,15H2,1H3. The number of rotatable bonds is 3. The number of para-hydroxylation sites is 1. The van der Waals surface area contributed by atoms with Crippen molar-refractivity contribution < 1.29 is 0 Å². The van der Waals surface area contributed by atoms with Crippen LogP contribution in [0.3, 0.4) is 0 Å². The molecule has 0 saturated carbocycles. The van der Waals surface area contributed by atoms with Crippen molar-refractivity contribution in [2.75, 3.05) is 11.4 Å². The molecule has 0 unspecified atom stereocenters. The number of anilines is 1. The Kier molecular flexibility index (Phi) is 3.94. The number of hydrogen-bond acceptors (Lipinski definition) is 4. The molecule has 0 spiro atoms. The van der Waals surface area contributed by atoms with E-state index in [1.807, 2.05) is 37.3 Å². The summed E-state index contributed by atoms with van der Waals surface area (Å²) in [5, 5.41) is 17.5. The molecule has 0 heterocycles. The molecule has 80 valence electrons. The van der Waals surface area contributed by atoms with Gasteiger partial charge in [-0.3, -0.25) is 0 Å². The number of hydrogen-bond donors (Lipinski definition) is 1. The SMILES string of the molecule is CCN(C(N)=C(C#N)C#N)c1ccccc1. The first-order chi connectivity index (χ1) is 7.74. The van der Waals surface area contributed by atoms with Gasteiger partial charge in [0.25, 0.3) is 0 Å². The predicted octanol–water partition coefficient (Wildman–Crippen LogP) is 1.73. The monoisotopic (exact) mass is 212 g/mol. The van der Waals surface area contributed by atoms with E-state index in [2.05, 4.69) is 0 Å². The third-order valence-corrected chi connectivity index (χ3v) is 2.15. The maximum Gasteiger partial charge on any atom is 0.169 e. The highest BCUT2D eigenvalue weighted by molar-refractivity contribution is 5.55. The Morgan fingerprint density at radius 1 is 1.25 bits per heavy atom. The highest BCUT2D eigenvalue weighted by atomic mass is 15.2. The molecule has 0 radical (unpaired) electrons. The van der Waals surface area contributed by atoms with E-state index in [1.54, 1.807) is 17.0 Å². The van der Waals surface area contributed by atoms with Crippen LogP contribution in [0.4, 0.5) is 5.69 Å². The molecular formula is C12H12N4. The zero-order valence-corrected chi connectivity index (χ0v) is 9.01. The van der Waals surface area contributed by atoms with E-state index in [4.69, 9.17) is 16.3 Å². The summed E-state index contributed by atoms with van der Waals surface area (Å²) in [4.78, 5) is 1.72. The lowest BCUT2D eigenvalue weighted by Crippen LogP contribution is -2.28. The Balaban J connectivity index is 3.16. The van der Waals surface area contributed by atoms with Gasteiger partial charge in [0, 0.05) is 12.2 Å². The quantitative estimate of drug-likeness (QED) is 0.774. The second kappa shape index (κ2) is 5.43. The molecule has 4 heteroatoms. The minimum Gasteiger partial charge on any atom is -0.383 e. The van der Waals surface area contributed by atoms with Crippen LogP contribution in [-0.2, 0) is 0 Å². The number of nitrogens with zero attached hydrogens (tertiary/aromatic N) is 3. The smallest absolute Gasteiger partial charge is 0.169 e. The van der Waals surface area contributed by atoms with Crippen molar-refractivity contribution in [1.29, 1.82) is 10.5 Å². The molecular weight excluding hydrogens is 200 g/mol. The van der Waals surface area contributed by atoms with Crippen LogP contribution in [0.1, 0.15) is 6.92 Å². The summed E-state index contributed by atoms with van der Waals surface area (Å²) in [5.41, 5.74) is 6.59. The van der Waals surface area contributed by atoms with Gasteiger partial charge < -0.3 is 10.6 Å². The summed E-state index contributed by atoms with van der Waals surface area (Å²) in [6.45, 7) is 2.51.